The highest BCUT2D eigenvalue weighted by molar-refractivity contribution is 6.39. The molecule has 0 unspecified atom stereocenters. The molecular weight excluding hydrogens is 329 g/mol. The van der Waals surface area contributed by atoms with Gasteiger partial charge < -0.3 is 15.3 Å². The van der Waals surface area contributed by atoms with Gasteiger partial charge >= 0.3 is 24.0 Å². The van der Waals surface area contributed by atoms with E-state index >= 15 is 0 Å². The van der Waals surface area contributed by atoms with Gasteiger partial charge in [-0.25, -0.2) is 0 Å². The Morgan fingerprint density at radius 2 is 1.71 bits per heavy atom. The van der Waals surface area contributed by atoms with Crippen molar-refractivity contribution in [3.63, 3.8) is 0 Å². The van der Waals surface area contributed by atoms with Gasteiger partial charge in [0, 0.05) is 13.1 Å². The molecule has 2 rings (SSSR count). The third kappa shape index (κ3) is 4.03. The SMILES string of the molecule is O=C(Nc1ccccc1C(F)(F)F)C(=O)N1CCC(C(=O)O)CC1. The molecule has 6 nitrogen and oxygen atoms in total. The van der Waals surface area contributed by atoms with Gasteiger partial charge in [-0.05, 0) is 25.0 Å². The summed E-state index contributed by atoms with van der Waals surface area (Å²) in [6, 6.07) is 4.35. The monoisotopic (exact) mass is 344 g/mol. The standard InChI is InChI=1S/C15H15F3N2O4/c16-15(17,18)10-3-1-2-4-11(10)19-12(21)13(22)20-7-5-9(6-8-20)14(23)24/h1-4,9H,5-8H2,(H,19,21)(H,23,24). The van der Waals surface area contributed by atoms with E-state index in [0.29, 0.717) is 0 Å². The molecule has 1 aromatic carbocycles. The smallest absolute Gasteiger partial charge is 0.418 e. The van der Waals surface area contributed by atoms with E-state index in [1.807, 2.05) is 5.32 Å². The fraction of sp³-hybridized carbons (Fsp3) is 0.400. The molecule has 1 aliphatic rings. The molecule has 0 saturated carbocycles. The van der Waals surface area contributed by atoms with Crippen LogP contribution in [0.5, 0.6) is 0 Å². The summed E-state index contributed by atoms with van der Waals surface area (Å²) in [6.07, 6.45) is -4.26. The van der Waals surface area contributed by atoms with Gasteiger partial charge in [-0.3, -0.25) is 14.4 Å². The van der Waals surface area contributed by atoms with Gasteiger partial charge in [0.25, 0.3) is 0 Å². The first-order valence-electron chi connectivity index (χ1n) is 7.19. The summed E-state index contributed by atoms with van der Waals surface area (Å²) in [6.45, 7) is 0.147. The number of anilines is 1. The summed E-state index contributed by atoms with van der Waals surface area (Å²) in [5, 5.41) is 10.9. The van der Waals surface area contributed by atoms with Crippen LogP contribution >= 0.6 is 0 Å². The van der Waals surface area contributed by atoms with Crippen molar-refractivity contribution in [1.29, 1.82) is 0 Å². The summed E-state index contributed by atoms with van der Waals surface area (Å²) in [5.74, 6) is -3.70. The molecule has 0 atom stereocenters. The van der Waals surface area contributed by atoms with E-state index < -0.39 is 41.1 Å². The summed E-state index contributed by atoms with van der Waals surface area (Å²) < 4.78 is 38.6. The summed E-state index contributed by atoms with van der Waals surface area (Å²) in [5.41, 5.74) is -1.54. The van der Waals surface area contributed by atoms with Crippen LogP contribution in [0.15, 0.2) is 24.3 Å². The number of rotatable bonds is 2. The topological polar surface area (TPSA) is 86.7 Å². The number of carboxylic acid groups (broad SMARTS) is 1. The number of piperidine rings is 1. The lowest BCUT2D eigenvalue weighted by Crippen LogP contribution is -2.45. The molecule has 1 saturated heterocycles. The zero-order valence-electron chi connectivity index (χ0n) is 12.5. The molecule has 0 bridgehead atoms. The molecule has 1 fully saturated rings. The Morgan fingerprint density at radius 1 is 1.12 bits per heavy atom. The van der Waals surface area contributed by atoms with Crippen molar-refractivity contribution in [3.8, 4) is 0 Å². The number of benzene rings is 1. The van der Waals surface area contributed by atoms with Gasteiger partial charge in [-0.2, -0.15) is 13.2 Å². The van der Waals surface area contributed by atoms with E-state index in [1.165, 1.54) is 12.1 Å². The maximum Gasteiger partial charge on any atom is 0.418 e. The molecule has 0 aromatic heterocycles. The molecule has 0 spiro atoms. The van der Waals surface area contributed by atoms with Crippen LogP contribution in [0.1, 0.15) is 18.4 Å². The van der Waals surface area contributed by atoms with Crippen molar-refractivity contribution in [2.45, 2.75) is 19.0 Å². The highest BCUT2D eigenvalue weighted by atomic mass is 19.4. The fourth-order valence-electron chi connectivity index (χ4n) is 2.49. The number of nitrogens with one attached hydrogen (secondary N) is 1. The van der Waals surface area contributed by atoms with Crippen LogP contribution in [0.3, 0.4) is 0 Å². The number of aliphatic carboxylic acids is 1. The lowest BCUT2D eigenvalue weighted by molar-refractivity contribution is -0.148. The van der Waals surface area contributed by atoms with E-state index in [2.05, 4.69) is 0 Å². The van der Waals surface area contributed by atoms with Crippen molar-refractivity contribution in [2.24, 2.45) is 5.92 Å². The van der Waals surface area contributed by atoms with Crippen LogP contribution in [-0.4, -0.2) is 40.9 Å². The Morgan fingerprint density at radius 3 is 2.25 bits per heavy atom. The number of alkyl halides is 3. The van der Waals surface area contributed by atoms with Gasteiger partial charge in [0.05, 0.1) is 17.2 Å². The molecule has 2 amide bonds. The molecule has 2 N–H and O–H groups in total. The Balaban J connectivity index is 2.03. The van der Waals surface area contributed by atoms with E-state index in [9.17, 15) is 27.6 Å². The minimum Gasteiger partial charge on any atom is -0.481 e. The predicted octanol–water partition coefficient (Wildman–Crippen LogP) is 1.97. The van der Waals surface area contributed by atoms with Gasteiger partial charge in [-0.15, -0.1) is 0 Å². The summed E-state index contributed by atoms with van der Waals surface area (Å²) >= 11 is 0. The average Bonchev–Trinajstić information content (AvgIpc) is 2.53. The summed E-state index contributed by atoms with van der Waals surface area (Å²) in [4.78, 5) is 35.9. The first-order valence-corrected chi connectivity index (χ1v) is 7.19. The number of nitrogens with zero attached hydrogens (tertiary/aromatic N) is 1. The number of hydrogen-bond donors (Lipinski definition) is 2. The predicted molar refractivity (Wildman–Crippen MR) is 77.0 cm³/mol. The number of carboxylic acids is 1. The maximum absolute atomic E-state index is 12.9. The molecule has 130 valence electrons. The lowest BCUT2D eigenvalue weighted by Gasteiger charge is -2.29. The quantitative estimate of drug-likeness (QED) is 0.803. The molecule has 9 heteroatoms. The number of hydrogen-bond acceptors (Lipinski definition) is 3. The average molecular weight is 344 g/mol. The Kier molecular flexibility index (Phi) is 5.10. The largest absolute Gasteiger partial charge is 0.481 e. The first-order chi connectivity index (χ1) is 11.2. The molecule has 0 aliphatic carbocycles. The van der Waals surface area contributed by atoms with Gasteiger partial charge in [0.15, 0.2) is 0 Å². The molecule has 1 aromatic rings. The van der Waals surface area contributed by atoms with Crippen LogP contribution in [0, 0.1) is 5.92 Å². The number of amides is 2. The van der Waals surface area contributed by atoms with E-state index in [0.717, 1.165) is 17.0 Å². The normalized spacial score (nSPS) is 15.9. The van der Waals surface area contributed by atoms with E-state index in [4.69, 9.17) is 5.11 Å². The molecule has 1 aliphatic heterocycles. The number of halogens is 3. The molecule has 1 heterocycles. The van der Waals surface area contributed by atoms with Crippen LogP contribution in [0.2, 0.25) is 0 Å². The van der Waals surface area contributed by atoms with Crippen molar-refractivity contribution in [3.05, 3.63) is 29.8 Å². The van der Waals surface area contributed by atoms with Crippen LogP contribution in [0.25, 0.3) is 0 Å². The molecule has 0 radical (unpaired) electrons. The second kappa shape index (κ2) is 6.90. The Labute approximate surface area is 135 Å². The van der Waals surface area contributed by atoms with E-state index in [1.54, 1.807) is 0 Å². The zero-order chi connectivity index (χ0) is 17.9. The first kappa shape index (κ1) is 17.8. The minimum absolute atomic E-state index is 0.0735. The Bertz CT molecular complexity index is 652. The van der Waals surface area contributed by atoms with Crippen LogP contribution in [-0.2, 0) is 20.6 Å². The highest BCUT2D eigenvalue weighted by Crippen LogP contribution is 2.34. The van der Waals surface area contributed by atoms with Crippen molar-refractivity contribution in [1.82, 2.24) is 4.90 Å². The number of carbonyl (C=O) groups is 3. The second-order valence-electron chi connectivity index (χ2n) is 5.40. The highest BCUT2D eigenvalue weighted by Gasteiger charge is 2.35. The molecule has 24 heavy (non-hydrogen) atoms. The zero-order valence-corrected chi connectivity index (χ0v) is 12.5. The van der Waals surface area contributed by atoms with Crippen LogP contribution < -0.4 is 5.32 Å². The number of carbonyl (C=O) groups excluding carboxylic acids is 2. The van der Waals surface area contributed by atoms with Gasteiger partial charge in [0.2, 0.25) is 0 Å². The second-order valence-corrected chi connectivity index (χ2v) is 5.40. The third-order valence-corrected chi connectivity index (χ3v) is 3.81. The van der Waals surface area contributed by atoms with Crippen molar-refractivity contribution in [2.75, 3.05) is 18.4 Å². The van der Waals surface area contributed by atoms with E-state index in [-0.39, 0.29) is 25.9 Å². The molecular formula is C15H15F3N2O4. The third-order valence-electron chi connectivity index (χ3n) is 3.81. The summed E-state index contributed by atoms with van der Waals surface area (Å²) in [7, 11) is 0. The Hall–Kier alpha value is -2.58. The number of para-hydroxylation sites is 1. The van der Waals surface area contributed by atoms with Crippen molar-refractivity contribution < 1.29 is 32.7 Å². The fourth-order valence-corrected chi connectivity index (χ4v) is 2.49. The van der Waals surface area contributed by atoms with Crippen molar-refractivity contribution >= 4 is 23.5 Å². The van der Waals surface area contributed by atoms with Crippen LogP contribution in [0.4, 0.5) is 18.9 Å². The van der Waals surface area contributed by atoms with Gasteiger partial charge in [0.1, 0.15) is 0 Å². The van der Waals surface area contributed by atoms with Gasteiger partial charge in [-0.1, -0.05) is 12.1 Å². The minimum atomic E-state index is -4.66. The number of likely N-dealkylation sites (tertiary alicyclic amines) is 1. The lowest BCUT2D eigenvalue weighted by atomic mass is 9.97. The maximum atomic E-state index is 12.9.